The van der Waals surface area contributed by atoms with Crippen molar-refractivity contribution in [3.05, 3.63) is 52.2 Å². The molecular formula is C19H21NO3S. The zero-order valence-electron chi connectivity index (χ0n) is 13.7. The van der Waals surface area contributed by atoms with Gasteiger partial charge in [-0.05, 0) is 48.6 Å². The van der Waals surface area contributed by atoms with Gasteiger partial charge in [-0.2, -0.15) is 0 Å². The third-order valence-corrected chi connectivity index (χ3v) is 5.37. The second-order valence-corrected chi connectivity index (χ2v) is 7.04. The van der Waals surface area contributed by atoms with Gasteiger partial charge in [0.25, 0.3) is 0 Å². The Bertz CT molecular complexity index is 686. The molecule has 24 heavy (non-hydrogen) atoms. The maximum absolute atomic E-state index is 12.6. The number of likely N-dealkylation sites (tertiary alicyclic amines) is 1. The highest BCUT2D eigenvalue weighted by Crippen LogP contribution is 2.24. The van der Waals surface area contributed by atoms with Gasteiger partial charge in [-0.15, -0.1) is 11.3 Å². The minimum atomic E-state index is 0.00387. The molecule has 1 aliphatic heterocycles. The summed E-state index contributed by atoms with van der Waals surface area (Å²) in [5, 5.41) is 1.99. The lowest BCUT2D eigenvalue weighted by Gasteiger charge is -2.31. The van der Waals surface area contributed by atoms with Gasteiger partial charge in [0.05, 0.1) is 13.5 Å². The third kappa shape index (κ3) is 3.85. The van der Waals surface area contributed by atoms with Gasteiger partial charge in [-0.25, -0.2) is 0 Å². The van der Waals surface area contributed by atoms with E-state index in [1.54, 1.807) is 18.4 Å². The topological polar surface area (TPSA) is 46.6 Å². The predicted molar refractivity (Wildman–Crippen MR) is 94.7 cm³/mol. The fourth-order valence-corrected chi connectivity index (χ4v) is 3.75. The number of carbonyl (C=O) groups is 2. The number of hydrogen-bond acceptors (Lipinski definition) is 4. The van der Waals surface area contributed by atoms with Crippen LogP contribution in [-0.4, -0.2) is 36.8 Å². The number of benzene rings is 1. The van der Waals surface area contributed by atoms with E-state index in [0.717, 1.165) is 29.0 Å². The van der Waals surface area contributed by atoms with Gasteiger partial charge in [0, 0.05) is 29.4 Å². The summed E-state index contributed by atoms with van der Waals surface area (Å²) in [7, 11) is 1.61. The van der Waals surface area contributed by atoms with Crippen LogP contribution in [0.25, 0.3) is 0 Å². The molecule has 0 bridgehead atoms. The van der Waals surface area contributed by atoms with Gasteiger partial charge in [0.2, 0.25) is 5.91 Å². The van der Waals surface area contributed by atoms with E-state index in [0.29, 0.717) is 19.5 Å². The second kappa shape index (κ2) is 7.62. The number of amides is 1. The summed E-state index contributed by atoms with van der Waals surface area (Å²) < 4.78 is 5.12. The van der Waals surface area contributed by atoms with Crippen LogP contribution in [0.3, 0.4) is 0 Å². The van der Waals surface area contributed by atoms with Crippen LogP contribution in [0, 0.1) is 5.92 Å². The number of thiophene rings is 1. The molecule has 0 atom stereocenters. The number of methoxy groups -OCH3 is 1. The Morgan fingerprint density at radius 3 is 2.46 bits per heavy atom. The van der Waals surface area contributed by atoms with E-state index in [9.17, 15) is 9.59 Å². The van der Waals surface area contributed by atoms with Crippen molar-refractivity contribution in [3.63, 3.8) is 0 Å². The van der Waals surface area contributed by atoms with Crippen LogP contribution in [-0.2, 0) is 11.2 Å². The van der Waals surface area contributed by atoms with Crippen molar-refractivity contribution >= 4 is 23.0 Å². The highest BCUT2D eigenvalue weighted by Gasteiger charge is 2.28. The summed E-state index contributed by atoms with van der Waals surface area (Å²) in [6, 6.07) is 11.2. The van der Waals surface area contributed by atoms with E-state index in [2.05, 4.69) is 0 Å². The maximum Gasteiger partial charge on any atom is 0.227 e. The molecule has 1 amide bonds. The number of ketones is 1. The average Bonchev–Trinajstić information content (AvgIpc) is 3.14. The van der Waals surface area contributed by atoms with Crippen molar-refractivity contribution in [2.24, 2.45) is 5.92 Å². The first-order valence-corrected chi connectivity index (χ1v) is 9.04. The Morgan fingerprint density at radius 1 is 1.17 bits per heavy atom. The fraction of sp³-hybridized carbons (Fsp3) is 0.368. The number of ether oxygens (including phenoxy) is 1. The molecular weight excluding hydrogens is 322 g/mol. The third-order valence-electron chi connectivity index (χ3n) is 4.50. The van der Waals surface area contributed by atoms with Crippen LogP contribution >= 0.6 is 11.3 Å². The summed E-state index contributed by atoms with van der Waals surface area (Å²) in [6.45, 7) is 1.33. The van der Waals surface area contributed by atoms with Gasteiger partial charge in [0.15, 0.2) is 5.78 Å². The highest BCUT2D eigenvalue weighted by molar-refractivity contribution is 7.10. The van der Waals surface area contributed by atoms with E-state index in [4.69, 9.17) is 4.74 Å². The predicted octanol–water partition coefficient (Wildman–Crippen LogP) is 3.42. The van der Waals surface area contributed by atoms with Gasteiger partial charge in [-0.3, -0.25) is 9.59 Å². The molecule has 126 valence electrons. The summed E-state index contributed by atoms with van der Waals surface area (Å²) in [4.78, 5) is 27.9. The number of piperidine rings is 1. The second-order valence-electron chi connectivity index (χ2n) is 6.00. The fourth-order valence-electron chi connectivity index (χ4n) is 3.06. The molecule has 1 saturated heterocycles. The Morgan fingerprint density at radius 2 is 1.88 bits per heavy atom. The zero-order valence-corrected chi connectivity index (χ0v) is 14.6. The van der Waals surface area contributed by atoms with Crippen molar-refractivity contribution in [1.29, 1.82) is 0 Å². The molecule has 0 unspecified atom stereocenters. The van der Waals surface area contributed by atoms with E-state index in [-0.39, 0.29) is 17.6 Å². The van der Waals surface area contributed by atoms with Gasteiger partial charge in [0.1, 0.15) is 5.75 Å². The number of Topliss-reactive ketones (excluding diaryl/α,β-unsaturated/α-hetero) is 1. The van der Waals surface area contributed by atoms with Crippen molar-refractivity contribution in [2.45, 2.75) is 19.3 Å². The van der Waals surface area contributed by atoms with Crippen LogP contribution < -0.4 is 4.74 Å². The Labute approximate surface area is 146 Å². The van der Waals surface area contributed by atoms with Crippen molar-refractivity contribution in [2.75, 3.05) is 20.2 Å². The SMILES string of the molecule is COc1ccc(C(=O)C2CCN(C(=O)Cc3cccs3)CC2)cc1. The zero-order chi connectivity index (χ0) is 16.9. The Hall–Kier alpha value is -2.14. The molecule has 1 aromatic carbocycles. The molecule has 5 heteroatoms. The highest BCUT2D eigenvalue weighted by atomic mass is 32.1. The Balaban J connectivity index is 1.54. The van der Waals surface area contributed by atoms with Crippen molar-refractivity contribution < 1.29 is 14.3 Å². The van der Waals surface area contributed by atoms with Crippen LogP contribution in [0.4, 0.5) is 0 Å². The molecule has 2 aromatic rings. The van der Waals surface area contributed by atoms with Crippen molar-refractivity contribution in [3.8, 4) is 5.75 Å². The van der Waals surface area contributed by atoms with E-state index < -0.39 is 0 Å². The number of carbonyl (C=O) groups excluding carboxylic acids is 2. The standard InChI is InChI=1S/C19H21NO3S/c1-23-16-6-4-14(5-7-16)19(22)15-8-10-20(11-9-15)18(21)13-17-3-2-12-24-17/h2-7,12,15H,8-11,13H2,1H3. The lowest BCUT2D eigenvalue weighted by Crippen LogP contribution is -2.40. The van der Waals surface area contributed by atoms with Gasteiger partial charge in [-0.1, -0.05) is 6.07 Å². The van der Waals surface area contributed by atoms with Crippen LogP contribution in [0.5, 0.6) is 5.75 Å². The number of nitrogens with zero attached hydrogens (tertiary/aromatic N) is 1. The maximum atomic E-state index is 12.6. The molecule has 0 saturated carbocycles. The molecule has 0 spiro atoms. The van der Waals surface area contributed by atoms with Crippen LogP contribution in [0.2, 0.25) is 0 Å². The summed E-state index contributed by atoms with van der Waals surface area (Å²) in [5.74, 6) is 1.08. The molecule has 3 rings (SSSR count). The first-order valence-electron chi connectivity index (χ1n) is 8.16. The van der Waals surface area contributed by atoms with E-state index >= 15 is 0 Å². The van der Waals surface area contributed by atoms with E-state index in [1.165, 1.54) is 0 Å². The van der Waals surface area contributed by atoms with Gasteiger partial charge >= 0.3 is 0 Å². The first-order chi connectivity index (χ1) is 11.7. The largest absolute Gasteiger partial charge is 0.497 e. The summed E-state index contributed by atoms with van der Waals surface area (Å²) >= 11 is 1.61. The number of hydrogen-bond donors (Lipinski definition) is 0. The molecule has 1 fully saturated rings. The first kappa shape index (κ1) is 16.7. The van der Waals surface area contributed by atoms with E-state index in [1.807, 2.05) is 46.7 Å². The molecule has 2 heterocycles. The number of rotatable bonds is 5. The quantitative estimate of drug-likeness (QED) is 0.782. The molecule has 0 N–H and O–H groups in total. The van der Waals surface area contributed by atoms with Crippen LogP contribution in [0.15, 0.2) is 41.8 Å². The van der Waals surface area contributed by atoms with Gasteiger partial charge < -0.3 is 9.64 Å². The molecule has 0 radical (unpaired) electrons. The smallest absolute Gasteiger partial charge is 0.227 e. The minimum Gasteiger partial charge on any atom is -0.497 e. The summed E-state index contributed by atoms with van der Waals surface area (Å²) in [6.07, 6.45) is 1.94. The molecule has 0 aliphatic carbocycles. The normalized spacial score (nSPS) is 15.3. The lowest BCUT2D eigenvalue weighted by atomic mass is 9.88. The van der Waals surface area contributed by atoms with Crippen LogP contribution in [0.1, 0.15) is 28.1 Å². The average molecular weight is 343 g/mol. The Kier molecular flexibility index (Phi) is 5.30. The molecule has 4 nitrogen and oxygen atoms in total. The lowest BCUT2D eigenvalue weighted by molar-refractivity contribution is -0.131. The minimum absolute atomic E-state index is 0.00387. The molecule has 1 aromatic heterocycles. The molecule has 1 aliphatic rings. The van der Waals surface area contributed by atoms with Crippen molar-refractivity contribution in [1.82, 2.24) is 4.90 Å². The summed E-state index contributed by atoms with van der Waals surface area (Å²) in [5.41, 5.74) is 0.721. The monoisotopic (exact) mass is 343 g/mol.